The van der Waals surface area contributed by atoms with Crippen molar-refractivity contribution < 1.29 is 13.6 Å². The van der Waals surface area contributed by atoms with Gasteiger partial charge in [-0.15, -0.1) is 0 Å². The van der Waals surface area contributed by atoms with Gasteiger partial charge in [-0.1, -0.05) is 6.07 Å². The average Bonchev–Trinajstić information content (AvgIpc) is 3.36. The van der Waals surface area contributed by atoms with Gasteiger partial charge in [0.05, 0.1) is 23.6 Å². The van der Waals surface area contributed by atoms with Crippen LogP contribution in [0.5, 0.6) is 0 Å². The number of amides is 1. The molecule has 0 aliphatic heterocycles. The number of carbonyl (C=O) groups excluding carboxylic acids is 1. The van der Waals surface area contributed by atoms with Crippen LogP contribution in [0.4, 0.5) is 8.78 Å². The second-order valence-electron chi connectivity index (χ2n) is 7.80. The van der Waals surface area contributed by atoms with Crippen molar-refractivity contribution in [2.75, 3.05) is 0 Å². The molecule has 3 heterocycles. The standard InChI is InChI=1S/C23H21F2N5O/c24-15-10-16(25)12-18(11-15)30-21-5-3-4-20(19(21)13-26-30)28-23(31)8-7-17-14-29-9-2-1-6-22(29)27-17/h1-2,6,9-14,20H,3-5,7-8H2,(H,28,31). The number of aryl methyl sites for hydroxylation is 1. The summed E-state index contributed by atoms with van der Waals surface area (Å²) in [6.07, 6.45) is 8.82. The first-order valence-corrected chi connectivity index (χ1v) is 10.3. The van der Waals surface area contributed by atoms with Crippen molar-refractivity contribution in [3.05, 3.63) is 83.6 Å². The van der Waals surface area contributed by atoms with Crippen LogP contribution >= 0.6 is 0 Å². The third kappa shape index (κ3) is 3.93. The number of nitrogens with zero attached hydrogens (tertiary/aromatic N) is 4. The quantitative estimate of drug-likeness (QED) is 0.531. The highest BCUT2D eigenvalue weighted by Gasteiger charge is 2.26. The maximum Gasteiger partial charge on any atom is 0.220 e. The monoisotopic (exact) mass is 421 g/mol. The van der Waals surface area contributed by atoms with Crippen molar-refractivity contribution in [3.8, 4) is 5.69 Å². The first-order valence-electron chi connectivity index (χ1n) is 10.3. The van der Waals surface area contributed by atoms with Crippen LogP contribution < -0.4 is 5.32 Å². The Balaban J connectivity index is 1.29. The van der Waals surface area contributed by atoms with Crippen molar-refractivity contribution in [1.29, 1.82) is 0 Å². The van der Waals surface area contributed by atoms with Crippen molar-refractivity contribution in [1.82, 2.24) is 24.5 Å². The maximum absolute atomic E-state index is 13.6. The number of hydrogen-bond acceptors (Lipinski definition) is 3. The van der Waals surface area contributed by atoms with Crippen LogP contribution in [0, 0.1) is 11.6 Å². The molecule has 1 amide bonds. The Hall–Kier alpha value is -3.55. The van der Waals surface area contributed by atoms with Gasteiger partial charge in [-0.05, 0) is 49.9 Å². The van der Waals surface area contributed by atoms with Crippen LogP contribution in [-0.4, -0.2) is 25.1 Å². The molecule has 1 atom stereocenters. The van der Waals surface area contributed by atoms with E-state index in [1.165, 1.54) is 12.1 Å². The van der Waals surface area contributed by atoms with Crippen LogP contribution in [0.1, 0.15) is 42.3 Å². The van der Waals surface area contributed by atoms with E-state index >= 15 is 0 Å². The Bertz CT molecular complexity index is 1210. The molecule has 1 aromatic carbocycles. The normalized spacial score (nSPS) is 15.7. The highest BCUT2D eigenvalue weighted by molar-refractivity contribution is 5.76. The summed E-state index contributed by atoms with van der Waals surface area (Å²) >= 11 is 0. The summed E-state index contributed by atoms with van der Waals surface area (Å²) in [4.78, 5) is 17.1. The fourth-order valence-electron chi connectivity index (χ4n) is 4.21. The van der Waals surface area contributed by atoms with Crippen molar-refractivity contribution in [2.24, 2.45) is 0 Å². The van der Waals surface area contributed by atoms with E-state index in [1.807, 2.05) is 35.0 Å². The highest BCUT2D eigenvalue weighted by Crippen LogP contribution is 2.31. The molecule has 1 unspecified atom stereocenters. The fourth-order valence-corrected chi connectivity index (χ4v) is 4.21. The molecular weight excluding hydrogens is 400 g/mol. The van der Waals surface area contributed by atoms with E-state index in [-0.39, 0.29) is 11.9 Å². The minimum Gasteiger partial charge on any atom is -0.349 e. The summed E-state index contributed by atoms with van der Waals surface area (Å²) < 4.78 is 30.8. The molecule has 1 N–H and O–H groups in total. The van der Waals surface area contributed by atoms with Crippen molar-refractivity contribution >= 4 is 11.6 Å². The van der Waals surface area contributed by atoms with Gasteiger partial charge in [0, 0.05) is 36.1 Å². The van der Waals surface area contributed by atoms with Gasteiger partial charge < -0.3 is 9.72 Å². The number of imidazole rings is 1. The van der Waals surface area contributed by atoms with Crippen LogP contribution in [0.2, 0.25) is 0 Å². The average molecular weight is 421 g/mol. The molecule has 0 bridgehead atoms. The first kappa shape index (κ1) is 19.4. The second kappa shape index (κ2) is 7.94. The van der Waals surface area contributed by atoms with E-state index in [4.69, 9.17) is 0 Å². The lowest BCUT2D eigenvalue weighted by molar-refractivity contribution is -0.121. The molecule has 3 aromatic heterocycles. The van der Waals surface area contributed by atoms with Crippen molar-refractivity contribution in [2.45, 2.75) is 38.1 Å². The van der Waals surface area contributed by atoms with Gasteiger partial charge in [-0.2, -0.15) is 5.10 Å². The molecule has 0 saturated carbocycles. The summed E-state index contributed by atoms with van der Waals surface area (Å²) in [5.74, 6) is -1.35. The molecule has 8 heteroatoms. The molecule has 31 heavy (non-hydrogen) atoms. The molecule has 0 spiro atoms. The van der Waals surface area contributed by atoms with Crippen LogP contribution in [0.25, 0.3) is 11.3 Å². The van der Waals surface area contributed by atoms with Crippen molar-refractivity contribution in [3.63, 3.8) is 0 Å². The minimum atomic E-state index is -0.646. The van der Waals surface area contributed by atoms with Crippen LogP contribution in [-0.2, 0) is 17.6 Å². The third-order valence-corrected chi connectivity index (χ3v) is 5.63. The largest absolute Gasteiger partial charge is 0.349 e. The molecule has 1 aliphatic carbocycles. The zero-order valence-electron chi connectivity index (χ0n) is 16.8. The van der Waals surface area contributed by atoms with Gasteiger partial charge in [-0.3, -0.25) is 4.79 Å². The SMILES string of the molecule is O=C(CCc1cn2ccccc2n1)NC1CCCc2c1cnn2-c1cc(F)cc(F)c1. The number of aromatic nitrogens is 4. The number of fused-ring (bicyclic) bond motifs is 2. The second-order valence-corrected chi connectivity index (χ2v) is 7.80. The van der Waals surface area contributed by atoms with Gasteiger partial charge in [0.15, 0.2) is 0 Å². The molecule has 5 rings (SSSR count). The van der Waals surface area contributed by atoms with Crippen LogP contribution in [0.3, 0.4) is 0 Å². The topological polar surface area (TPSA) is 64.2 Å². The zero-order valence-corrected chi connectivity index (χ0v) is 16.8. The van der Waals surface area contributed by atoms with E-state index in [9.17, 15) is 13.6 Å². The number of hydrogen-bond donors (Lipinski definition) is 1. The van der Waals surface area contributed by atoms with Crippen LogP contribution in [0.15, 0.2) is 55.0 Å². The number of carbonyl (C=O) groups is 1. The molecule has 6 nitrogen and oxygen atoms in total. The summed E-state index contributed by atoms with van der Waals surface area (Å²) in [7, 11) is 0. The van der Waals surface area contributed by atoms with Gasteiger partial charge in [0.1, 0.15) is 17.3 Å². The minimum absolute atomic E-state index is 0.0561. The number of benzene rings is 1. The molecular formula is C23H21F2N5O. The lowest BCUT2D eigenvalue weighted by Crippen LogP contribution is -2.31. The van der Waals surface area contributed by atoms with E-state index in [0.29, 0.717) is 18.5 Å². The molecule has 0 saturated heterocycles. The molecule has 0 radical (unpaired) electrons. The predicted octanol–water partition coefficient (Wildman–Crippen LogP) is 3.92. The predicted molar refractivity (Wildman–Crippen MR) is 111 cm³/mol. The maximum atomic E-state index is 13.6. The van der Waals surface area contributed by atoms with E-state index in [2.05, 4.69) is 15.4 Å². The third-order valence-electron chi connectivity index (χ3n) is 5.63. The molecule has 158 valence electrons. The highest BCUT2D eigenvalue weighted by atomic mass is 19.1. The Morgan fingerprint density at radius 3 is 2.84 bits per heavy atom. The smallest absolute Gasteiger partial charge is 0.220 e. The Kier molecular flexibility index (Phi) is 4.97. The summed E-state index contributed by atoms with van der Waals surface area (Å²) in [6.45, 7) is 0. The molecule has 4 aromatic rings. The summed E-state index contributed by atoms with van der Waals surface area (Å²) in [5, 5.41) is 7.44. The summed E-state index contributed by atoms with van der Waals surface area (Å²) in [6, 6.07) is 8.98. The molecule has 0 fully saturated rings. The van der Waals surface area contributed by atoms with Gasteiger partial charge >= 0.3 is 0 Å². The lowest BCUT2D eigenvalue weighted by Gasteiger charge is -2.24. The Morgan fingerprint density at radius 1 is 1.19 bits per heavy atom. The van der Waals surface area contributed by atoms with Gasteiger partial charge in [-0.25, -0.2) is 18.4 Å². The Morgan fingerprint density at radius 2 is 2.03 bits per heavy atom. The van der Waals surface area contributed by atoms with E-state index in [0.717, 1.165) is 47.9 Å². The number of pyridine rings is 1. The number of nitrogens with one attached hydrogen (secondary N) is 1. The first-order chi connectivity index (χ1) is 15.1. The number of rotatable bonds is 5. The summed E-state index contributed by atoms with van der Waals surface area (Å²) in [5.41, 5.74) is 3.85. The van der Waals surface area contributed by atoms with Gasteiger partial charge in [0.25, 0.3) is 0 Å². The van der Waals surface area contributed by atoms with E-state index in [1.54, 1.807) is 10.9 Å². The number of halogens is 2. The lowest BCUT2D eigenvalue weighted by atomic mass is 9.92. The van der Waals surface area contributed by atoms with E-state index < -0.39 is 11.6 Å². The Labute approximate surface area is 177 Å². The molecule has 1 aliphatic rings. The van der Waals surface area contributed by atoms with Gasteiger partial charge in [0.2, 0.25) is 5.91 Å². The zero-order chi connectivity index (χ0) is 21.4. The fraction of sp³-hybridized carbons (Fsp3) is 0.261.